The SMILES string of the molecule is NCCCCC(N)C(=O)NC(Cc1c[nH]c2ccccc12)C(=O)NC(Cc1ccc(O)cc1)C(=O)N1CCCC1C(=O)O. The molecule has 12 heteroatoms. The zero-order chi connectivity index (χ0) is 30.9. The van der Waals surface area contributed by atoms with Gasteiger partial charge in [-0.2, -0.15) is 0 Å². The van der Waals surface area contributed by atoms with Gasteiger partial charge in [-0.15, -0.1) is 0 Å². The molecule has 1 aromatic heterocycles. The minimum atomic E-state index is -1.11. The minimum Gasteiger partial charge on any atom is -0.508 e. The molecule has 3 aromatic rings. The van der Waals surface area contributed by atoms with Crippen LogP contribution in [0.15, 0.2) is 54.7 Å². The van der Waals surface area contributed by atoms with E-state index in [1.54, 1.807) is 18.3 Å². The van der Waals surface area contributed by atoms with Gasteiger partial charge in [-0.3, -0.25) is 14.4 Å². The number of nitrogens with two attached hydrogens (primary N) is 2. The van der Waals surface area contributed by atoms with E-state index in [2.05, 4.69) is 15.6 Å². The van der Waals surface area contributed by atoms with Crippen molar-refractivity contribution in [2.24, 2.45) is 11.5 Å². The fraction of sp³-hybridized carbons (Fsp3) is 0.419. The lowest BCUT2D eigenvalue weighted by atomic mass is 10.0. The molecule has 0 radical (unpaired) electrons. The number of carbonyl (C=O) groups excluding carboxylic acids is 3. The molecule has 1 saturated heterocycles. The van der Waals surface area contributed by atoms with Gasteiger partial charge in [-0.25, -0.2) is 4.79 Å². The second kappa shape index (κ2) is 14.7. The average molecular weight is 593 g/mol. The van der Waals surface area contributed by atoms with Crippen molar-refractivity contribution in [3.8, 4) is 5.75 Å². The molecule has 0 aliphatic carbocycles. The lowest BCUT2D eigenvalue weighted by molar-refractivity contribution is -0.149. The van der Waals surface area contributed by atoms with Gasteiger partial charge in [0.25, 0.3) is 0 Å². The van der Waals surface area contributed by atoms with E-state index in [0.29, 0.717) is 37.8 Å². The number of para-hydroxylation sites is 1. The molecule has 4 rings (SSSR count). The number of benzene rings is 2. The molecule has 9 N–H and O–H groups in total. The molecule has 0 spiro atoms. The Labute approximate surface area is 249 Å². The van der Waals surface area contributed by atoms with Gasteiger partial charge < -0.3 is 42.2 Å². The van der Waals surface area contributed by atoms with Gasteiger partial charge >= 0.3 is 5.97 Å². The number of aromatic hydroxyl groups is 1. The Morgan fingerprint density at radius 3 is 2.42 bits per heavy atom. The highest BCUT2D eigenvalue weighted by Gasteiger charge is 2.38. The van der Waals surface area contributed by atoms with Crippen LogP contribution in [0.2, 0.25) is 0 Å². The Morgan fingerprint density at radius 2 is 1.70 bits per heavy atom. The normalized spacial score (nSPS) is 16.9. The maximum atomic E-state index is 13.9. The molecule has 1 aliphatic heterocycles. The van der Waals surface area contributed by atoms with E-state index in [4.69, 9.17) is 11.5 Å². The smallest absolute Gasteiger partial charge is 0.326 e. The van der Waals surface area contributed by atoms with E-state index in [1.807, 2.05) is 24.3 Å². The molecule has 230 valence electrons. The number of carbonyl (C=O) groups is 4. The van der Waals surface area contributed by atoms with Crippen molar-refractivity contribution in [2.75, 3.05) is 13.1 Å². The number of hydrogen-bond acceptors (Lipinski definition) is 7. The molecule has 43 heavy (non-hydrogen) atoms. The number of aromatic nitrogens is 1. The molecular weight excluding hydrogens is 552 g/mol. The van der Waals surface area contributed by atoms with Crippen LogP contribution in [0.3, 0.4) is 0 Å². The number of H-pyrrole nitrogens is 1. The summed E-state index contributed by atoms with van der Waals surface area (Å²) in [5.74, 6) is -2.68. The van der Waals surface area contributed by atoms with Gasteiger partial charge in [0, 0.05) is 36.5 Å². The van der Waals surface area contributed by atoms with Crippen molar-refractivity contribution in [3.63, 3.8) is 0 Å². The van der Waals surface area contributed by atoms with E-state index in [9.17, 15) is 29.4 Å². The van der Waals surface area contributed by atoms with Gasteiger partial charge in [0.05, 0.1) is 6.04 Å². The maximum Gasteiger partial charge on any atom is 0.326 e. The lowest BCUT2D eigenvalue weighted by Gasteiger charge is -2.29. The summed E-state index contributed by atoms with van der Waals surface area (Å²) in [5.41, 5.74) is 14.0. The molecule has 12 nitrogen and oxygen atoms in total. The number of fused-ring (bicyclic) bond motifs is 1. The van der Waals surface area contributed by atoms with Crippen LogP contribution >= 0.6 is 0 Å². The molecule has 3 amide bonds. The van der Waals surface area contributed by atoms with Crippen LogP contribution in [0.25, 0.3) is 10.9 Å². The number of rotatable bonds is 14. The number of carboxylic acid groups (broad SMARTS) is 1. The van der Waals surface area contributed by atoms with E-state index in [1.165, 1.54) is 17.0 Å². The second-order valence-corrected chi connectivity index (χ2v) is 11.0. The van der Waals surface area contributed by atoms with Gasteiger partial charge in [-0.05, 0) is 61.6 Å². The number of aromatic amines is 1. The summed E-state index contributed by atoms with van der Waals surface area (Å²) in [7, 11) is 0. The number of nitrogens with one attached hydrogen (secondary N) is 3. The fourth-order valence-corrected chi connectivity index (χ4v) is 5.48. The average Bonchev–Trinajstić information content (AvgIpc) is 3.65. The number of phenolic OH excluding ortho intramolecular Hbond substituents is 1. The summed E-state index contributed by atoms with van der Waals surface area (Å²) < 4.78 is 0. The van der Waals surface area contributed by atoms with E-state index >= 15 is 0 Å². The van der Waals surface area contributed by atoms with Crippen molar-refractivity contribution in [1.82, 2.24) is 20.5 Å². The first kappa shape index (κ1) is 31.5. The first-order valence-electron chi connectivity index (χ1n) is 14.6. The van der Waals surface area contributed by atoms with Crippen molar-refractivity contribution >= 4 is 34.6 Å². The molecule has 2 aromatic carbocycles. The summed E-state index contributed by atoms with van der Waals surface area (Å²) in [6.07, 6.45) is 4.59. The standard InChI is InChI=1S/C31H40N6O6/c32-14-4-3-7-23(33)28(39)35-25(17-20-18-34-24-8-2-1-6-22(20)24)29(40)36-26(16-19-10-12-21(38)13-11-19)30(41)37-15-5-9-27(37)31(42)43/h1-2,6,8,10-13,18,23,25-27,34,38H,3-5,7,9,14-17,32-33H2,(H,35,39)(H,36,40)(H,42,43). The van der Waals surface area contributed by atoms with Crippen molar-refractivity contribution in [2.45, 2.75) is 69.1 Å². The van der Waals surface area contributed by atoms with Crippen LogP contribution in [-0.4, -0.2) is 81.0 Å². The van der Waals surface area contributed by atoms with Crippen LogP contribution in [0.4, 0.5) is 0 Å². The molecule has 0 saturated carbocycles. The van der Waals surface area contributed by atoms with Crippen LogP contribution < -0.4 is 22.1 Å². The highest BCUT2D eigenvalue weighted by molar-refractivity contribution is 5.95. The van der Waals surface area contributed by atoms with E-state index in [0.717, 1.165) is 22.9 Å². The molecular formula is C31H40N6O6. The molecule has 4 atom stereocenters. The second-order valence-electron chi connectivity index (χ2n) is 11.0. The summed E-state index contributed by atoms with van der Waals surface area (Å²) in [5, 5.41) is 25.9. The Morgan fingerprint density at radius 1 is 0.977 bits per heavy atom. The third-order valence-electron chi connectivity index (χ3n) is 7.85. The molecule has 1 fully saturated rings. The number of phenols is 1. The monoisotopic (exact) mass is 592 g/mol. The Hall–Kier alpha value is -4.42. The van der Waals surface area contributed by atoms with Crippen LogP contribution in [0, 0.1) is 0 Å². The number of hydrogen-bond donors (Lipinski definition) is 7. The third kappa shape index (κ3) is 8.11. The Bertz CT molecular complexity index is 1420. The summed E-state index contributed by atoms with van der Waals surface area (Å²) in [4.78, 5) is 57.0. The number of likely N-dealkylation sites (tertiary alicyclic amines) is 1. The molecule has 4 unspecified atom stereocenters. The van der Waals surface area contributed by atoms with E-state index < -0.39 is 47.9 Å². The zero-order valence-corrected chi connectivity index (χ0v) is 24.0. The van der Waals surface area contributed by atoms with E-state index in [-0.39, 0.29) is 25.1 Å². The molecule has 1 aliphatic rings. The highest BCUT2D eigenvalue weighted by atomic mass is 16.4. The van der Waals surface area contributed by atoms with Gasteiger partial charge in [0.2, 0.25) is 17.7 Å². The lowest BCUT2D eigenvalue weighted by Crippen LogP contribution is -2.58. The highest BCUT2D eigenvalue weighted by Crippen LogP contribution is 2.22. The predicted molar refractivity (Wildman–Crippen MR) is 161 cm³/mol. The van der Waals surface area contributed by atoms with Gasteiger partial charge in [0.15, 0.2) is 0 Å². The molecule has 2 heterocycles. The summed E-state index contributed by atoms with van der Waals surface area (Å²) in [6.45, 7) is 0.737. The first-order chi connectivity index (χ1) is 20.7. The van der Waals surface area contributed by atoms with Crippen LogP contribution in [0.5, 0.6) is 5.75 Å². The number of aliphatic carboxylic acids is 1. The summed E-state index contributed by atoms with van der Waals surface area (Å²) in [6, 6.07) is 9.76. The van der Waals surface area contributed by atoms with Crippen molar-refractivity contribution in [3.05, 3.63) is 65.9 Å². The zero-order valence-electron chi connectivity index (χ0n) is 24.0. The van der Waals surface area contributed by atoms with Crippen LogP contribution in [-0.2, 0) is 32.0 Å². The van der Waals surface area contributed by atoms with Gasteiger partial charge in [-0.1, -0.05) is 36.8 Å². The number of nitrogens with zero attached hydrogens (tertiary/aromatic N) is 1. The summed E-state index contributed by atoms with van der Waals surface area (Å²) >= 11 is 0. The minimum absolute atomic E-state index is 0.0467. The fourth-order valence-electron chi connectivity index (χ4n) is 5.48. The topological polar surface area (TPSA) is 204 Å². The predicted octanol–water partition coefficient (Wildman–Crippen LogP) is 1.16. The Kier molecular flexibility index (Phi) is 10.7. The van der Waals surface area contributed by atoms with Crippen molar-refractivity contribution < 1.29 is 29.4 Å². The number of unbranched alkanes of at least 4 members (excludes halogenated alkanes) is 1. The quantitative estimate of drug-likeness (QED) is 0.135. The number of amides is 3. The molecule has 0 bridgehead atoms. The maximum absolute atomic E-state index is 13.9. The van der Waals surface area contributed by atoms with Crippen molar-refractivity contribution in [1.29, 1.82) is 0 Å². The number of carboxylic acids is 1. The largest absolute Gasteiger partial charge is 0.508 e. The van der Waals surface area contributed by atoms with Crippen LogP contribution in [0.1, 0.15) is 43.2 Å². The Balaban J connectivity index is 1.60. The first-order valence-corrected chi connectivity index (χ1v) is 14.6. The van der Waals surface area contributed by atoms with Gasteiger partial charge in [0.1, 0.15) is 23.9 Å². The third-order valence-corrected chi connectivity index (χ3v) is 7.85.